The number of nitriles is 1. The minimum absolute atomic E-state index is 0.131. The average molecular weight is 202 g/mol. The highest BCUT2D eigenvalue weighted by atomic mass is 16.3. The summed E-state index contributed by atoms with van der Waals surface area (Å²) < 4.78 is 0. The van der Waals surface area contributed by atoms with Crippen molar-refractivity contribution >= 4 is 0 Å². The number of aliphatic hydroxyl groups excluding tert-OH is 1. The van der Waals surface area contributed by atoms with Gasteiger partial charge in [0.05, 0.1) is 17.7 Å². The zero-order valence-corrected chi connectivity index (χ0v) is 8.48. The molecule has 2 N–H and O–H groups in total. The summed E-state index contributed by atoms with van der Waals surface area (Å²) in [4.78, 5) is 0. The Bertz CT molecular complexity index is 377. The van der Waals surface area contributed by atoms with Gasteiger partial charge in [-0.1, -0.05) is 18.2 Å². The standard InChI is InChI=1S/C12H14N2O/c13-7-9-3-1-2-4-10(9)8-14-11-5-12(15)6-11/h1-4,11-12,14-15H,5-6,8H2. The molecule has 2 rings (SSSR count). The lowest BCUT2D eigenvalue weighted by Gasteiger charge is -2.32. The van der Waals surface area contributed by atoms with Crippen LogP contribution in [0.25, 0.3) is 0 Å². The molecule has 3 heteroatoms. The maximum absolute atomic E-state index is 9.12. The second-order valence-electron chi connectivity index (χ2n) is 3.97. The van der Waals surface area contributed by atoms with E-state index in [0.29, 0.717) is 12.6 Å². The monoisotopic (exact) mass is 202 g/mol. The van der Waals surface area contributed by atoms with Crippen LogP contribution in [0.4, 0.5) is 0 Å². The molecule has 0 heterocycles. The van der Waals surface area contributed by atoms with E-state index in [1.165, 1.54) is 0 Å². The van der Waals surface area contributed by atoms with Crippen molar-refractivity contribution in [3.8, 4) is 6.07 Å². The van der Waals surface area contributed by atoms with Gasteiger partial charge in [-0.05, 0) is 24.5 Å². The topological polar surface area (TPSA) is 56.0 Å². The maximum Gasteiger partial charge on any atom is 0.0995 e. The first-order valence-corrected chi connectivity index (χ1v) is 5.19. The summed E-state index contributed by atoms with van der Waals surface area (Å²) in [5.74, 6) is 0. The molecule has 1 aliphatic carbocycles. The molecule has 1 saturated carbocycles. The fraction of sp³-hybridized carbons (Fsp3) is 0.417. The van der Waals surface area contributed by atoms with Crippen molar-refractivity contribution in [3.05, 3.63) is 35.4 Å². The molecule has 1 aliphatic rings. The van der Waals surface area contributed by atoms with Crippen LogP contribution in [0, 0.1) is 11.3 Å². The summed E-state index contributed by atoms with van der Waals surface area (Å²) >= 11 is 0. The number of hydrogen-bond donors (Lipinski definition) is 2. The smallest absolute Gasteiger partial charge is 0.0995 e. The highest BCUT2D eigenvalue weighted by molar-refractivity contribution is 5.37. The molecular formula is C12H14N2O. The van der Waals surface area contributed by atoms with E-state index in [2.05, 4.69) is 11.4 Å². The van der Waals surface area contributed by atoms with Crippen molar-refractivity contribution in [1.82, 2.24) is 5.32 Å². The third-order valence-electron chi connectivity index (χ3n) is 2.83. The fourth-order valence-corrected chi connectivity index (χ4v) is 1.79. The van der Waals surface area contributed by atoms with E-state index < -0.39 is 0 Å². The molecule has 0 bridgehead atoms. The fourth-order valence-electron chi connectivity index (χ4n) is 1.79. The van der Waals surface area contributed by atoms with Gasteiger partial charge in [-0.2, -0.15) is 5.26 Å². The van der Waals surface area contributed by atoms with Crippen LogP contribution in [0.3, 0.4) is 0 Å². The van der Waals surface area contributed by atoms with Crippen molar-refractivity contribution in [2.24, 2.45) is 0 Å². The molecule has 0 spiro atoms. The SMILES string of the molecule is N#Cc1ccccc1CNC1CC(O)C1. The lowest BCUT2D eigenvalue weighted by molar-refractivity contribution is 0.0619. The van der Waals surface area contributed by atoms with Crippen LogP contribution in [0.15, 0.2) is 24.3 Å². The van der Waals surface area contributed by atoms with E-state index in [-0.39, 0.29) is 6.10 Å². The van der Waals surface area contributed by atoms with Gasteiger partial charge < -0.3 is 10.4 Å². The molecule has 0 saturated heterocycles. The molecule has 0 radical (unpaired) electrons. The Morgan fingerprint density at radius 2 is 2.13 bits per heavy atom. The van der Waals surface area contributed by atoms with Crippen molar-refractivity contribution in [1.29, 1.82) is 5.26 Å². The Morgan fingerprint density at radius 3 is 2.80 bits per heavy atom. The summed E-state index contributed by atoms with van der Waals surface area (Å²) in [6.45, 7) is 0.709. The first-order chi connectivity index (χ1) is 7.29. The van der Waals surface area contributed by atoms with Crippen molar-refractivity contribution in [2.75, 3.05) is 0 Å². The number of nitrogens with zero attached hydrogens (tertiary/aromatic N) is 1. The molecule has 0 aliphatic heterocycles. The molecule has 0 unspecified atom stereocenters. The van der Waals surface area contributed by atoms with E-state index >= 15 is 0 Å². The van der Waals surface area contributed by atoms with Crippen LogP contribution >= 0.6 is 0 Å². The van der Waals surface area contributed by atoms with Crippen LogP contribution in [0.1, 0.15) is 24.0 Å². The van der Waals surface area contributed by atoms with Gasteiger partial charge in [0.2, 0.25) is 0 Å². The molecule has 1 aromatic carbocycles. The first kappa shape index (κ1) is 10.2. The Labute approximate surface area is 89.4 Å². The number of rotatable bonds is 3. The summed E-state index contributed by atoms with van der Waals surface area (Å²) in [5, 5.41) is 21.3. The van der Waals surface area contributed by atoms with E-state index in [4.69, 9.17) is 10.4 Å². The number of benzene rings is 1. The molecule has 15 heavy (non-hydrogen) atoms. The predicted octanol–water partition coefficient (Wildman–Crippen LogP) is 1.17. The lowest BCUT2D eigenvalue weighted by Crippen LogP contribution is -2.43. The summed E-state index contributed by atoms with van der Waals surface area (Å²) in [5.41, 5.74) is 1.76. The second-order valence-corrected chi connectivity index (χ2v) is 3.97. The van der Waals surface area contributed by atoms with Gasteiger partial charge in [-0.25, -0.2) is 0 Å². The first-order valence-electron chi connectivity index (χ1n) is 5.19. The van der Waals surface area contributed by atoms with E-state index in [0.717, 1.165) is 24.0 Å². The minimum atomic E-state index is -0.131. The van der Waals surface area contributed by atoms with Crippen LogP contribution in [-0.2, 0) is 6.54 Å². The van der Waals surface area contributed by atoms with E-state index in [9.17, 15) is 0 Å². The quantitative estimate of drug-likeness (QED) is 0.773. The summed E-state index contributed by atoms with van der Waals surface area (Å²) in [7, 11) is 0. The van der Waals surface area contributed by atoms with Gasteiger partial charge in [-0.3, -0.25) is 0 Å². The van der Waals surface area contributed by atoms with Crippen LogP contribution in [-0.4, -0.2) is 17.3 Å². The Balaban J connectivity index is 1.91. The summed E-state index contributed by atoms with van der Waals surface area (Å²) in [6, 6.07) is 10.2. The molecule has 0 aromatic heterocycles. The van der Waals surface area contributed by atoms with Crippen molar-refractivity contribution in [3.63, 3.8) is 0 Å². The molecule has 0 amide bonds. The summed E-state index contributed by atoms with van der Waals surface area (Å²) in [6.07, 6.45) is 1.53. The second kappa shape index (κ2) is 4.43. The van der Waals surface area contributed by atoms with Gasteiger partial charge >= 0.3 is 0 Å². The zero-order valence-electron chi connectivity index (χ0n) is 8.48. The highest BCUT2D eigenvalue weighted by Gasteiger charge is 2.26. The molecular weight excluding hydrogens is 188 g/mol. The largest absolute Gasteiger partial charge is 0.393 e. The van der Waals surface area contributed by atoms with E-state index in [1.807, 2.05) is 24.3 Å². The van der Waals surface area contributed by atoms with Crippen LogP contribution in [0.5, 0.6) is 0 Å². The molecule has 1 fully saturated rings. The Hall–Kier alpha value is -1.37. The number of nitrogens with one attached hydrogen (secondary N) is 1. The molecule has 3 nitrogen and oxygen atoms in total. The van der Waals surface area contributed by atoms with Crippen LogP contribution in [0.2, 0.25) is 0 Å². The molecule has 1 aromatic rings. The minimum Gasteiger partial charge on any atom is -0.393 e. The van der Waals surface area contributed by atoms with Gasteiger partial charge in [0, 0.05) is 12.6 Å². The third kappa shape index (κ3) is 2.35. The van der Waals surface area contributed by atoms with Crippen molar-refractivity contribution in [2.45, 2.75) is 31.5 Å². The molecule has 78 valence electrons. The number of aliphatic hydroxyl groups is 1. The van der Waals surface area contributed by atoms with Gasteiger partial charge in [0.25, 0.3) is 0 Å². The normalized spacial score (nSPS) is 24.3. The number of hydrogen-bond acceptors (Lipinski definition) is 3. The Kier molecular flexibility index (Phi) is 3.00. The lowest BCUT2D eigenvalue weighted by atomic mass is 9.89. The third-order valence-corrected chi connectivity index (χ3v) is 2.83. The van der Waals surface area contributed by atoms with Gasteiger partial charge in [0.1, 0.15) is 0 Å². The highest BCUT2D eigenvalue weighted by Crippen LogP contribution is 2.20. The van der Waals surface area contributed by atoms with Crippen LogP contribution < -0.4 is 5.32 Å². The zero-order chi connectivity index (χ0) is 10.7. The van der Waals surface area contributed by atoms with Crippen molar-refractivity contribution < 1.29 is 5.11 Å². The maximum atomic E-state index is 9.12. The predicted molar refractivity (Wildman–Crippen MR) is 57.0 cm³/mol. The molecule has 0 atom stereocenters. The van der Waals surface area contributed by atoms with Gasteiger partial charge in [0.15, 0.2) is 0 Å². The van der Waals surface area contributed by atoms with Gasteiger partial charge in [-0.15, -0.1) is 0 Å². The van der Waals surface area contributed by atoms with E-state index in [1.54, 1.807) is 0 Å². The average Bonchev–Trinajstić information content (AvgIpc) is 2.23. The Morgan fingerprint density at radius 1 is 1.40 bits per heavy atom.